The predicted octanol–water partition coefficient (Wildman–Crippen LogP) is 2.81. The predicted molar refractivity (Wildman–Crippen MR) is 73.1 cm³/mol. The van der Waals surface area contributed by atoms with Crippen molar-refractivity contribution >= 4 is 15.7 Å². The van der Waals surface area contributed by atoms with Gasteiger partial charge >= 0.3 is 0 Å². The Bertz CT molecular complexity index is 778. The van der Waals surface area contributed by atoms with E-state index in [9.17, 15) is 12.8 Å². The standard InChI is InChI=1S/C14H11FN2O2S/c1-10-8-12(15)4-7-14(10)17-20(18,19)13-5-2-11(9-16)3-6-13/h2-8,17H,1H3. The molecule has 0 spiro atoms. The first kappa shape index (κ1) is 14.0. The number of anilines is 1. The molecule has 2 rings (SSSR count). The van der Waals surface area contributed by atoms with Crippen LogP contribution in [0.15, 0.2) is 47.4 Å². The number of rotatable bonds is 3. The van der Waals surface area contributed by atoms with Crippen molar-refractivity contribution in [1.29, 1.82) is 5.26 Å². The molecular formula is C14H11FN2O2S. The number of hydrogen-bond donors (Lipinski definition) is 1. The Kier molecular flexibility index (Phi) is 3.72. The van der Waals surface area contributed by atoms with Crippen LogP contribution in [0.4, 0.5) is 10.1 Å². The van der Waals surface area contributed by atoms with Crippen molar-refractivity contribution in [1.82, 2.24) is 0 Å². The van der Waals surface area contributed by atoms with Crippen LogP contribution in [0.3, 0.4) is 0 Å². The zero-order valence-corrected chi connectivity index (χ0v) is 11.4. The summed E-state index contributed by atoms with van der Waals surface area (Å²) >= 11 is 0. The van der Waals surface area contributed by atoms with E-state index in [0.717, 1.165) is 0 Å². The third-order valence-corrected chi connectivity index (χ3v) is 4.11. The number of nitrogens with zero attached hydrogens (tertiary/aromatic N) is 1. The highest BCUT2D eigenvalue weighted by molar-refractivity contribution is 7.92. The molecule has 2 aromatic rings. The quantitative estimate of drug-likeness (QED) is 0.945. The lowest BCUT2D eigenvalue weighted by Gasteiger charge is -2.10. The summed E-state index contributed by atoms with van der Waals surface area (Å²) in [5.41, 5.74) is 1.18. The molecule has 0 bridgehead atoms. The number of nitrogens with one attached hydrogen (secondary N) is 1. The van der Waals surface area contributed by atoms with Crippen molar-refractivity contribution in [2.75, 3.05) is 4.72 Å². The SMILES string of the molecule is Cc1cc(F)ccc1NS(=O)(=O)c1ccc(C#N)cc1. The Labute approximate surface area is 116 Å². The summed E-state index contributed by atoms with van der Waals surface area (Å²) in [6.45, 7) is 1.61. The van der Waals surface area contributed by atoms with Crippen LogP contribution in [0, 0.1) is 24.1 Å². The molecule has 0 amide bonds. The van der Waals surface area contributed by atoms with E-state index in [4.69, 9.17) is 5.26 Å². The molecule has 1 N–H and O–H groups in total. The fourth-order valence-electron chi connectivity index (χ4n) is 1.65. The second kappa shape index (κ2) is 5.31. The molecule has 0 saturated carbocycles. The molecule has 0 aromatic heterocycles. The molecule has 0 unspecified atom stereocenters. The van der Waals surface area contributed by atoms with Gasteiger partial charge in [0.25, 0.3) is 10.0 Å². The summed E-state index contributed by atoms with van der Waals surface area (Å²) in [4.78, 5) is 0.0419. The monoisotopic (exact) mass is 290 g/mol. The molecule has 0 radical (unpaired) electrons. The first-order valence-electron chi connectivity index (χ1n) is 5.71. The van der Waals surface area contributed by atoms with Crippen molar-refractivity contribution in [3.63, 3.8) is 0 Å². The van der Waals surface area contributed by atoms with Gasteiger partial charge in [0.2, 0.25) is 0 Å². The smallest absolute Gasteiger partial charge is 0.261 e. The number of aryl methyl sites for hydroxylation is 1. The van der Waals surface area contributed by atoms with Crippen LogP contribution in [-0.2, 0) is 10.0 Å². The van der Waals surface area contributed by atoms with E-state index >= 15 is 0 Å². The van der Waals surface area contributed by atoms with Gasteiger partial charge in [-0.25, -0.2) is 12.8 Å². The Balaban J connectivity index is 2.33. The molecule has 2 aromatic carbocycles. The summed E-state index contributed by atoms with van der Waals surface area (Å²) in [6.07, 6.45) is 0. The van der Waals surface area contributed by atoms with E-state index in [-0.39, 0.29) is 4.90 Å². The van der Waals surface area contributed by atoms with Crippen LogP contribution in [0.1, 0.15) is 11.1 Å². The Morgan fingerprint density at radius 1 is 1.15 bits per heavy atom. The maximum absolute atomic E-state index is 13.0. The zero-order valence-electron chi connectivity index (χ0n) is 10.6. The minimum Gasteiger partial charge on any atom is -0.279 e. The highest BCUT2D eigenvalue weighted by Gasteiger charge is 2.15. The van der Waals surface area contributed by atoms with Gasteiger partial charge in [-0.05, 0) is 55.0 Å². The molecule has 0 aliphatic heterocycles. The van der Waals surface area contributed by atoms with E-state index in [1.165, 1.54) is 42.5 Å². The van der Waals surface area contributed by atoms with Crippen molar-refractivity contribution in [2.45, 2.75) is 11.8 Å². The van der Waals surface area contributed by atoms with Crippen molar-refractivity contribution in [3.05, 3.63) is 59.4 Å². The van der Waals surface area contributed by atoms with Gasteiger partial charge < -0.3 is 0 Å². The highest BCUT2D eigenvalue weighted by atomic mass is 32.2. The maximum Gasteiger partial charge on any atom is 0.261 e. The van der Waals surface area contributed by atoms with E-state index in [2.05, 4.69) is 4.72 Å². The van der Waals surface area contributed by atoms with Gasteiger partial charge in [0.1, 0.15) is 5.82 Å². The lowest BCUT2D eigenvalue weighted by Crippen LogP contribution is -2.13. The van der Waals surface area contributed by atoms with Crippen LogP contribution in [-0.4, -0.2) is 8.42 Å². The van der Waals surface area contributed by atoms with Gasteiger partial charge in [0, 0.05) is 0 Å². The van der Waals surface area contributed by atoms with E-state index in [1.54, 1.807) is 6.92 Å². The second-order valence-electron chi connectivity index (χ2n) is 4.20. The lowest BCUT2D eigenvalue weighted by atomic mass is 10.2. The molecule has 20 heavy (non-hydrogen) atoms. The Morgan fingerprint density at radius 3 is 2.35 bits per heavy atom. The van der Waals surface area contributed by atoms with E-state index in [1.807, 2.05) is 6.07 Å². The molecule has 0 heterocycles. The van der Waals surface area contributed by atoms with Crippen LogP contribution in [0.25, 0.3) is 0 Å². The summed E-state index contributed by atoms with van der Waals surface area (Å²) in [6, 6.07) is 11.3. The fourth-order valence-corrected chi connectivity index (χ4v) is 2.78. The molecule has 6 heteroatoms. The molecule has 0 fully saturated rings. The largest absolute Gasteiger partial charge is 0.279 e. The van der Waals surface area contributed by atoms with Crippen molar-refractivity contribution in [3.8, 4) is 6.07 Å². The minimum absolute atomic E-state index is 0.0419. The number of halogens is 1. The number of hydrogen-bond acceptors (Lipinski definition) is 3. The van der Waals surface area contributed by atoms with Gasteiger partial charge in [0.15, 0.2) is 0 Å². The van der Waals surface area contributed by atoms with Crippen molar-refractivity contribution in [2.24, 2.45) is 0 Å². The molecule has 0 aliphatic carbocycles. The van der Waals surface area contributed by atoms with Crippen LogP contribution in [0.2, 0.25) is 0 Å². The first-order valence-corrected chi connectivity index (χ1v) is 7.20. The molecule has 0 aliphatic rings. The average Bonchev–Trinajstić information content (AvgIpc) is 2.42. The molecule has 102 valence electrons. The Morgan fingerprint density at radius 2 is 1.80 bits per heavy atom. The number of benzene rings is 2. The Hall–Kier alpha value is -2.39. The summed E-state index contributed by atoms with van der Waals surface area (Å²) < 4.78 is 39.7. The van der Waals surface area contributed by atoms with E-state index < -0.39 is 15.8 Å². The third-order valence-electron chi connectivity index (χ3n) is 2.73. The molecular weight excluding hydrogens is 279 g/mol. The summed E-state index contributed by atoms with van der Waals surface area (Å²) in [7, 11) is -3.76. The maximum atomic E-state index is 13.0. The van der Waals surface area contributed by atoms with Gasteiger partial charge in [0.05, 0.1) is 22.2 Å². The summed E-state index contributed by atoms with van der Waals surface area (Å²) in [5, 5.41) is 8.68. The van der Waals surface area contributed by atoms with E-state index in [0.29, 0.717) is 16.8 Å². The first-order chi connectivity index (χ1) is 9.42. The van der Waals surface area contributed by atoms with Gasteiger partial charge in [-0.3, -0.25) is 4.72 Å². The molecule has 0 atom stereocenters. The number of nitriles is 1. The van der Waals surface area contributed by atoms with Crippen LogP contribution in [0.5, 0.6) is 0 Å². The second-order valence-corrected chi connectivity index (χ2v) is 5.88. The topological polar surface area (TPSA) is 70.0 Å². The van der Waals surface area contributed by atoms with Gasteiger partial charge in [-0.1, -0.05) is 0 Å². The van der Waals surface area contributed by atoms with Gasteiger partial charge in [-0.15, -0.1) is 0 Å². The third kappa shape index (κ3) is 2.95. The molecule has 4 nitrogen and oxygen atoms in total. The normalized spacial score (nSPS) is 10.8. The summed E-state index contributed by atoms with van der Waals surface area (Å²) in [5.74, 6) is -0.427. The fraction of sp³-hybridized carbons (Fsp3) is 0.0714. The van der Waals surface area contributed by atoms with Gasteiger partial charge in [-0.2, -0.15) is 5.26 Å². The zero-order chi connectivity index (χ0) is 14.8. The minimum atomic E-state index is -3.76. The average molecular weight is 290 g/mol. The van der Waals surface area contributed by atoms with Crippen LogP contribution < -0.4 is 4.72 Å². The van der Waals surface area contributed by atoms with Crippen molar-refractivity contribution < 1.29 is 12.8 Å². The highest BCUT2D eigenvalue weighted by Crippen LogP contribution is 2.20. The lowest BCUT2D eigenvalue weighted by molar-refractivity contribution is 0.601. The number of sulfonamides is 1. The molecule has 0 saturated heterocycles. The van der Waals surface area contributed by atoms with Crippen LogP contribution >= 0.6 is 0 Å².